The molecule has 0 radical (unpaired) electrons. The largest absolute Gasteiger partial charge is 0.311 e. The van der Waals surface area contributed by atoms with Gasteiger partial charge < -0.3 is 5.32 Å². The van der Waals surface area contributed by atoms with Gasteiger partial charge in [-0.1, -0.05) is 12.8 Å². The SMILES string of the molecule is Cc1ccc(CNCCN2CCC3CCCCC32)s1. The molecule has 0 amide bonds. The fourth-order valence-corrected chi connectivity index (χ4v) is 4.65. The number of thiophene rings is 1. The Balaban J connectivity index is 1.38. The van der Waals surface area contributed by atoms with E-state index in [0.29, 0.717) is 0 Å². The first-order chi connectivity index (χ1) is 9.33. The quantitative estimate of drug-likeness (QED) is 0.830. The number of likely N-dealkylation sites (tertiary alicyclic amines) is 1. The molecule has 1 N–H and O–H groups in total. The highest BCUT2D eigenvalue weighted by Crippen LogP contribution is 2.35. The Labute approximate surface area is 121 Å². The van der Waals surface area contributed by atoms with Crippen molar-refractivity contribution in [3.8, 4) is 0 Å². The van der Waals surface area contributed by atoms with E-state index in [4.69, 9.17) is 0 Å². The van der Waals surface area contributed by atoms with Crippen LogP contribution in [0.1, 0.15) is 41.9 Å². The zero-order valence-corrected chi connectivity index (χ0v) is 12.8. The van der Waals surface area contributed by atoms with Crippen molar-refractivity contribution < 1.29 is 0 Å². The third kappa shape index (κ3) is 3.39. The van der Waals surface area contributed by atoms with Crippen LogP contribution in [0.5, 0.6) is 0 Å². The summed E-state index contributed by atoms with van der Waals surface area (Å²) in [6.45, 7) is 6.95. The van der Waals surface area contributed by atoms with Crippen molar-refractivity contribution in [3.05, 3.63) is 21.9 Å². The lowest BCUT2D eigenvalue weighted by Gasteiger charge is -2.31. The van der Waals surface area contributed by atoms with E-state index in [1.54, 1.807) is 0 Å². The van der Waals surface area contributed by atoms with Crippen molar-refractivity contribution in [1.29, 1.82) is 0 Å². The van der Waals surface area contributed by atoms with Crippen molar-refractivity contribution in [3.63, 3.8) is 0 Å². The van der Waals surface area contributed by atoms with Crippen LogP contribution in [0, 0.1) is 12.8 Å². The van der Waals surface area contributed by atoms with E-state index in [1.165, 1.54) is 54.9 Å². The predicted molar refractivity (Wildman–Crippen MR) is 82.7 cm³/mol. The van der Waals surface area contributed by atoms with Crippen molar-refractivity contribution in [2.24, 2.45) is 5.92 Å². The summed E-state index contributed by atoms with van der Waals surface area (Å²) < 4.78 is 0. The number of fused-ring (bicyclic) bond motifs is 1. The molecule has 2 aliphatic rings. The van der Waals surface area contributed by atoms with Crippen molar-refractivity contribution in [1.82, 2.24) is 10.2 Å². The summed E-state index contributed by atoms with van der Waals surface area (Å²) in [6, 6.07) is 5.38. The Hall–Kier alpha value is -0.380. The first-order valence-electron chi connectivity index (χ1n) is 7.83. The standard InChI is InChI=1S/C16H26N2S/c1-13-6-7-15(19-13)12-17-9-11-18-10-8-14-4-2-3-5-16(14)18/h6-7,14,16-17H,2-5,8-12H2,1H3. The van der Waals surface area contributed by atoms with Gasteiger partial charge in [-0.25, -0.2) is 0 Å². The summed E-state index contributed by atoms with van der Waals surface area (Å²) in [6.07, 6.45) is 7.33. The molecule has 1 saturated carbocycles. The lowest BCUT2D eigenvalue weighted by Crippen LogP contribution is -2.38. The molecule has 1 aromatic heterocycles. The monoisotopic (exact) mass is 278 g/mol. The van der Waals surface area contributed by atoms with E-state index >= 15 is 0 Å². The Morgan fingerprint density at radius 3 is 3.00 bits per heavy atom. The highest BCUT2D eigenvalue weighted by atomic mass is 32.1. The van der Waals surface area contributed by atoms with Gasteiger partial charge in [-0.2, -0.15) is 0 Å². The normalized spacial score (nSPS) is 27.6. The average molecular weight is 278 g/mol. The van der Waals surface area contributed by atoms with E-state index in [-0.39, 0.29) is 0 Å². The van der Waals surface area contributed by atoms with Gasteiger partial charge in [0.1, 0.15) is 0 Å². The minimum Gasteiger partial charge on any atom is -0.311 e. The molecule has 1 aromatic rings. The van der Waals surface area contributed by atoms with Gasteiger partial charge in [0.25, 0.3) is 0 Å². The van der Waals surface area contributed by atoms with Crippen LogP contribution in [-0.2, 0) is 6.54 Å². The predicted octanol–water partition coefficient (Wildman–Crippen LogP) is 3.41. The zero-order valence-electron chi connectivity index (χ0n) is 12.0. The molecule has 0 bridgehead atoms. The molecule has 106 valence electrons. The molecule has 2 nitrogen and oxygen atoms in total. The van der Waals surface area contributed by atoms with Crippen LogP contribution < -0.4 is 5.32 Å². The van der Waals surface area contributed by atoms with Crippen LogP contribution in [0.15, 0.2) is 12.1 Å². The fourth-order valence-electron chi connectivity index (χ4n) is 3.80. The molecular formula is C16H26N2S. The Morgan fingerprint density at radius 1 is 1.26 bits per heavy atom. The molecule has 2 unspecified atom stereocenters. The van der Waals surface area contributed by atoms with Gasteiger partial charge >= 0.3 is 0 Å². The second-order valence-electron chi connectivity index (χ2n) is 6.13. The first kappa shape index (κ1) is 13.6. The molecule has 0 aromatic carbocycles. The zero-order chi connectivity index (χ0) is 13.1. The molecule has 19 heavy (non-hydrogen) atoms. The van der Waals surface area contributed by atoms with E-state index in [0.717, 1.165) is 25.0 Å². The lowest BCUT2D eigenvalue weighted by molar-refractivity contribution is 0.183. The number of nitrogens with zero attached hydrogens (tertiary/aromatic N) is 1. The number of aryl methyl sites for hydroxylation is 1. The summed E-state index contributed by atoms with van der Waals surface area (Å²) in [5, 5.41) is 3.61. The maximum atomic E-state index is 3.61. The van der Waals surface area contributed by atoms with Crippen molar-refractivity contribution >= 4 is 11.3 Å². The summed E-state index contributed by atoms with van der Waals surface area (Å²) in [5.74, 6) is 1.02. The fraction of sp³-hybridized carbons (Fsp3) is 0.750. The van der Waals surface area contributed by atoms with Crippen LogP contribution >= 0.6 is 11.3 Å². The number of hydrogen-bond donors (Lipinski definition) is 1. The van der Waals surface area contributed by atoms with Crippen LogP contribution in [0.3, 0.4) is 0 Å². The molecule has 2 atom stereocenters. The van der Waals surface area contributed by atoms with Crippen LogP contribution in [0.2, 0.25) is 0 Å². The third-order valence-corrected chi connectivity index (χ3v) is 5.80. The smallest absolute Gasteiger partial charge is 0.0300 e. The molecule has 1 aliphatic carbocycles. The second-order valence-corrected chi connectivity index (χ2v) is 7.50. The Bertz CT molecular complexity index is 401. The minimum absolute atomic E-state index is 0.916. The van der Waals surface area contributed by atoms with E-state index in [2.05, 4.69) is 29.3 Å². The Morgan fingerprint density at radius 2 is 2.16 bits per heavy atom. The summed E-state index contributed by atoms with van der Waals surface area (Å²) in [5.41, 5.74) is 0. The second kappa shape index (κ2) is 6.38. The first-order valence-corrected chi connectivity index (χ1v) is 8.64. The van der Waals surface area contributed by atoms with Gasteiger partial charge in [-0.15, -0.1) is 11.3 Å². The van der Waals surface area contributed by atoms with Crippen LogP contribution in [0.4, 0.5) is 0 Å². The maximum absolute atomic E-state index is 3.61. The summed E-state index contributed by atoms with van der Waals surface area (Å²) >= 11 is 1.91. The molecule has 2 fully saturated rings. The average Bonchev–Trinajstić information content (AvgIpc) is 3.02. The number of hydrogen-bond acceptors (Lipinski definition) is 3. The van der Waals surface area contributed by atoms with Crippen LogP contribution in [0.25, 0.3) is 0 Å². The third-order valence-electron chi connectivity index (χ3n) is 4.80. The summed E-state index contributed by atoms with van der Waals surface area (Å²) in [7, 11) is 0. The Kier molecular flexibility index (Phi) is 4.57. The molecule has 3 rings (SSSR count). The molecule has 2 heterocycles. The van der Waals surface area contributed by atoms with E-state index in [1.807, 2.05) is 11.3 Å². The highest BCUT2D eigenvalue weighted by molar-refractivity contribution is 7.11. The molecule has 0 spiro atoms. The molecule has 1 aliphatic heterocycles. The van der Waals surface area contributed by atoms with Crippen molar-refractivity contribution in [2.45, 2.75) is 51.6 Å². The highest BCUT2D eigenvalue weighted by Gasteiger charge is 2.34. The van der Waals surface area contributed by atoms with Crippen molar-refractivity contribution in [2.75, 3.05) is 19.6 Å². The topological polar surface area (TPSA) is 15.3 Å². The van der Waals surface area contributed by atoms with Gasteiger partial charge in [0.15, 0.2) is 0 Å². The minimum atomic E-state index is 0.916. The maximum Gasteiger partial charge on any atom is 0.0300 e. The van der Waals surface area contributed by atoms with Gasteiger partial charge in [0.05, 0.1) is 0 Å². The van der Waals surface area contributed by atoms with Crippen LogP contribution in [-0.4, -0.2) is 30.6 Å². The van der Waals surface area contributed by atoms with E-state index in [9.17, 15) is 0 Å². The van der Waals surface area contributed by atoms with Gasteiger partial charge in [-0.05, 0) is 50.8 Å². The number of rotatable bonds is 5. The van der Waals surface area contributed by atoms with Gasteiger partial charge in [-0.3, -0.25) is 4.90 Å². The van der Waals surface area contributed by atoms with Gasteiger partial charge in [0, 0.05) is 35.4 Å². The van der Waals surface area contributed by atoms with Gasteiger partial charge in [0.2, 0.25) is 0 Å². The lowest BCUT2D eigenvalue weighted by atomic mass is 9.85. The molecular weight excluding hydrogens is 252 g/mol. The van der Waals surface area contributed by atoms with E-state index < -0.39 is 0 Å². The molecule has 3 heteroatoms. The number of nitrogens with one attached hydrogen (secondary N) is 1. The summed E-state index contributed by atoms with van der Waals surface area (Å²) in [4.78, 5) is 5.63. The molecule has 1 saturated heterocycles.